The highest BCUT2D eigenvalue weighted by Gasteiger charge is 2.21. The van der Waals surface area contributed by atoms with E-state index in [2.05, 4.69) is 42.3 Å². The number of rotatable bonds is 3. The van der Waals surface area contributed by atoms with Gasteiger partial charge in [0.05, 0.1) is 11.4 Å². The summed E-state index contributed by atoms with van der Waals surface area (Å²) in [6.45, 7) is 10.1. The Morgan fingerprint density at radius 2 is 2.28 bits per heavy atom. The molecule has 1 fully saturated rings. The molecule has 1 aromatic rings. The van der Waals surface area contributed by atoms with Gasteiger partial charge < -0.3 is 10.2 Å². The number of aryl methyl sites for hydroxylation is 1. The van der Waals surface area contributed by atoms with E-state index in [1.807, 2.05) is 11.7 Å². The second kappa shape index (κ2) is 5.74. The number of nitrogens with one attached hydrogen (secondary N) is 1. The zero-order chi connectivity index (χ0) is 13.1. The van der Waals surface area contributed by atoms with Crippen LogP contribution in [-0.2, 0) is 7.05 Å². The van der Waals surface area contributed by atoms with Crippen LogP contribution in [0, 0.1) is 0 Å². The molecule has 1 aromatic heterocycles. The number of nitrogens with zero attached hydrogens (tertiary/aromatic N) is 3. The van der Waals surface area contributed by atoms with Crippen LogP contribution < -0.4 is 10.2 Å². The smallest absolute Gasteiger partial charge is 0.0883 e. The van der Waals surface area contributed by atoms with Crippen LogP contribution in [0.3, 0.4) is 0 Å². The summed E-state index contributed by atoms with van der Waals surface area (Å²) < 4.78 is 1.95. The van der Waals surface area contributed by atoms with E-state index in [-0.39, 0.29) is 0 Å². The van der Waals surface area contributed by atoms with Gasteiger partial charge in [-0.1, -0.05) is 20.8 Å². The van der Waals surface area contributed by atoms with Gasteiger partial charge in [0.1, 0.15) is 0 Å². The molecule has 0 aromatic carbocycles. The second-order valence-corrected chi connectivity index (χ2v) is 5.59. The molecule has 0 aliphatic carbocycles. The van der Waals surface area contributed by atoms with Crippen molar-refractivity contribution >= 4 is 5.69 Å². The lowest BCUT2D eigenvalue weighted by Crippen LogP contribution is -2.37. The van der Waals surface area contributed by atoms with Crippen molar-refractivity contribution < 1.29 is 0 Å². The molecule has 1 atom stereocenters. The van der Waals surface area contributed by atoms with Crippen LogP contribution in [-0.4, -0.2) is 35.5 Å². The fourth-order valence-corrected chi connectivity index (χ4v) is 2.64. The van der Waals surface area contributed by atoms with Gasteiger partial charge in [-0.05, 0) is 25.3 Å². The molecule has 0 bridgehead atoms. The Morgan fingerprint density at radius 1 is 1.50 bits per heavy atom. The number of hydrogen-bond donors (Lipinski definition) is 1. The zero-order valence-electron chi connectivity index (χ0n) is 12.1. The van der Waals surface area contributed by atoms with Gasteiger partial charge in [-0.3, -0.25) is 4.68 Å². The monoisotopic (exact) mass is 250 g/mol. The Kier molecular flexibility index (Phi) is 4.27. The van der Waals surface area contributed by atoms with Gasteiger partial charge in [0.2, 0.25) is 0 Å². The predicted octanol–water partition coefficient (Wildman–Crippen LogP) is 2.12. The first-order chi connectivity index (χ1) is 8.61. The van der Waals surface area contributed by atoms with Gasteiger partial charge in [0, 0.05) is 32.4 Å². The van der Waals surface area contributed by atoms with Gasteiger partial charge in [0.25, 0.3) is 0 Å². The van der Waals surface area contributed by atoms with Crippen LogP contribution in [0.5, 0.6) is 0 Å². The molecule has 1 unspecified atom stereocenters. The summed E-state index contributed by atoms with van der Waals surface area (Å²) in [5.41, 5.74) is 2.56. The van der Waals surface area contributed by atoms with Crippen LogP contribution in [0.4, 0.5) is 5.69 Å². The molecule has 0 radical (unpaired) electrons. The maximum atomic E-state index is 4.62. The molecular formula is C14H26N4. The topological polar surface area (TPSA) is 33.1 Å². The standard InChI is InChI=1S/C14H26N4/c1-5-12-9-18(8-6-7-15-12)13-10-17(4)16-14(13)11(2)3/h10-12,15H,5-9H2,1-4H3. The van der Waals surface area contributed by atoms with Gasteiger partial charge in [0.15, 0.2) is 0 Å². The lowest BCUT2D eigenvalue weighted by atomic mass is 10.1. The molecule has 0 amide bonds. The fraction of sp³-hybridized carbons (Fsp3) is 0.786. The third-order valence-corrected chi connectivity index (χ3v) is 3.70. The van der Waals surface area contributed by atoms with Gasteiger partial charge in [-0.2, -0.15) is 5.10 Å². The Morgan fingerprint density at radius 3 is 2.94 bits per heavy atom. The fourth-order valence-electron chi connectivity index (χ4n) is 2.64. The SMILES string of the molecule is CCC1CN(c2cn(C)nc2C(C)C)CCCN1. The summed E-state index contributed by atoms with van der Waals surface area (Å²) in [4.78, 5) is 2.51. The molecular weight excluding hydrogens is 224 g/mol. The van der Waals surface area contributed by atoms with Crippen molar-refractivity contribution in [3.05, 3.63) is 11.9 Å². The maximum Gasteiger partial charge on any atom is 0.0883 e. The third-order valence-electron chi connectivity index (χ3n) is 3.70. The largest absolute Gasteiger partial charge is 0.367 e. The van der Waals surface area contributed by atoms with Crippen LogP contribution in [0.2, 0.25) is 0 Å². The summed E-state index contributed by atoms with van der Waals surface area (Å²) in [7, 11) is 2.02. The molecule has 1 saturated heterocycles. The van der Waals surface area contributed by atoms with E-state index in [1.165, 1.54) is 24.2 Å². The maximum absolute atomic E-state index is 4.62. The van der Waals surface area contributed by atoms with E-state index in [4.69, 9.17) is 0 Å². The summed E-state index contributed by atoms with van der Waals surface area (Å²) in [5, 5.41) is 8.24. The lowest BCUT2D eigenvalue weighted by molar-refractivity contribution is 0.528. The summed E-state index contributed by atoms with van der Waals surface area (Å²) in [6.07, 6.45) is 4.57. The van der Waals surface area contributed by atoms with E-state index >= 15 is 0 Å². The lowest BCUT2D eigenvalue weighted by Gasteiger charge is -2.26. The van der Waals surface area contributed by atoms with Crippen molar-refractivity contribution in [2.24, 2.45) is 7.05 Å². The number of anilines is 1. The Balaban J connectivity index is 2.23. The van der Waals surface area contributed by atoms with Crippen LogP contribution in [0.25, 0.3) is 0 Å². The van der Waals surface area contributed by atoms with Crippen molar-refractivity contribution in [2.45, 2.75) is 45.6 Å². The van der Waals surface area contributed by atoms with Crippen molar-refractivity contribution in [3.8, 4) is 0 Å². The van der Waals surface area contributed by atoms with Crippen molar-refractivity contribution in [1.29, 1.82) is 0 Å². The van der Waals surface area contributed by atoms with E-state index in [9.17, 15) is 0 Å². The van der Waals surface area contributed by atoms with Crippen LogP contribution in [0.1, 0.15) is 45.2 Å². The minimum atomic E-state index is 0.484. The van der Waals surface area contributed by atoms with Gasteiger partial charge >= 0.3 is 0 Å². The van der Waals surface area contributed by atoms with E-state index in [1.54, 1.807) is 0 Å². The molecule has 1 N–H and O–H groups in total. The quantitative estimate of drug-likeness (QED) is 0.892. The summed E-state index contributed by atoms with van der Waals surface area (Å²) in [6, 6.07) is 0.604. The zero-order valence-corrected chi connectivity index (χ0v) is 12.1. The molecule has 18 heavy (non-hydrogen) atoms. The first-order valence-corrected chi connectivity index (χ1v) is 7.13. The molecule has 4 heteroatoms. The summed E-state index contributed by atoms with van der Waals surface area (Å²) in [5.74, 6) is 0.484. The molecule has 1 aliphatic rings. The Hall–Kier alpha value is -1.03. The normalized spacial score (nSPS) is 21.4. The van der Waals surface area contributed by atoms with Crippen molar-refractivity contribution in [1.82, 2.24) is 15.1 Å². The van der Waals surface area contributed by atoms with Gasteiger partial charge in [-0.15, -0.1) is 0 Å². The summed E-state index contributed by atoms with van der Waals surface area (Å²) >= 11 is 0. The first-order valence-electron chi connectivity index (χ1n) is 7.13. The highest BCUT2D eigenvalue weighted by Crippen LogP contribution is 2.27. The van der Waals surface area contributed by atoms with Crippen molar-refractivity contribution in [3.63, 3.8) is 0 Å². The van der Waals surface area contributed by atoms with E-state index < -0.39 is 0 Å². The number of aromatic nitrogens is 2. The van der Waals surface area contributed by atoms with E-state index in [0.29, 0.717) is 12.0 Å². The molecule has 4 nitrogen and oxygen atoms in total. The Labute approximate surface area is 110 Å². The molecule has 2 heterocycles. The molecule has 0 saturated carbocycles. The highest BCUT2D eigenvalue weighted by molar-refractivity contribution is 5.51. The highest BCUT2D eigenvalue weighted by atomic mass is 15.3. The molecule has 2 rings (SSSR count). The van der Waals surface area contributed by atoms with Crippen LogP contribution >= 0.6 is 0 Å². The molecule has 102 valence electrons. The third kappa shape index (κ3) is 2.86. The predicted molar refractivity (Wildman–Crippen MR) is 76.2 cm³/mol. The van der Waals surface area contributed by atoms with Crippen LogP contribution in [0.15, 0.2) is 6.20 Å². The number of hydrogen-bond acceptors (Lipinski definition) is 3. The van der Waals surface area contributed by atoms with Gasteiger partial charge in [-0.25, -0.2) is 0 Å². The second-order valence-electron chi connectivity index (χ2n) is 5.59. The van der Waals surface area contributed by atoms with Crippen molar-refractivity contribution in [2.75, 3.05) is 24.5 Å². The Bertz CT molecular complexity index is 383. The average Bonchev–Trinajstić information content (AvgIpc) is 2.60. The minimum absolute atomic E-state index is 0.484. The average molecular weight is 250 g/mol. The van der Waals surface area contributed by atoms with E-state index in [0.717, 1.165) is 19.6 Å². The minimum Gasteiger partial charge on any atom is -0.367 e. The first kappa shape index (κ1) is 13.4. The molecule has 0 spiro atoms. The molecule has 1 aliphatic heterocycles.